The molecule has 1 saturated carbocycles. The number of halogens is 1. The van der Waals surface area contributed by atoms with Crippen molar-refractivity contribution in [1.29, 1.82) is 0 Å². The molecule has 0 bridgehead atoms. The Morgan fingerprint density at radius 3 is 2.33 bits per heavy atom. The van der Waals surface area contributed by atoms with Crippen molar-refractivity contribution in [3.8, 4) is 11.5 Å². The van der Waals surface area contributed by atoms with Crippen LogP contribution in [0.25, 0.3) is 0 Å². The fourth-order valence-electron chi connectivity index (χ4n) is 2.84. The number of hydrogen-bond acceptors (Lipinski definition) is 3. The lowest BCUT2D eigenvalue weighted by atomic mass is 9.95. The average molecular weight is 346 g/mol. The van der Waals surface area contributed by atoms with Crippen LogP contribution in [0.1, 0.15) is 28.8 Å². The van der Waals surface area contributed by atoms with Crippen LogP contribution in [0.3, 0.4) is 0 Å². The molecule has 0 aromatic heterocycles. The fraction of sp³-hybridized carbons (Fsp3) is 0.316. The van der Waals surface area contributed by atoms with E-state index in [0.717, 1.165) is 18.4 Å². The molecule has 2 aromatic carbocycles. The van der Waals surface area contributed by atoms with E-state index in [4.69, 9.17) is 21.1 Å². The normalized spacial score (nSPS) is 14.8. The van der Waals surface area contributed by atoms with Crippen LogP contribution in [0.4, 0.5) is 0 Å². The standard InChI is InChI=1S/C19H20ClNO3/c1-23-16-8-5-14(11-17(16)24-2)19(9-10-19)12-21-18(22)13-3-6-15(20)7-4-13/h3-8,11H,9-10,12H2,1-2H3,(H,21,22). The lowest BCUT2D eigenvalue weighted by molar-refractivity contribution is 0.0949. The third-order valence-electron chi connectivity index (χ3n) is 4.54. The zero-order chi connectivity index (χ0) is 17.2. The van der Waals surface area contributed by atoms with E-state index in [-0.39, 0.29) is 11.3 Å². The number of methoxy groups -OCH3 is 2. The van der Waals surface area contributed by atoms with Gasteiger partial charge >= 0.3 is 0 Å². The number of rotatable bonds is 6. The Morgan fingerprint density at radius 2 is 1.75 bits per heavy atom. The summed E-state index contributed by atoms with van der Waals surface area (Å²) in [7, 11) is 3.25. The predicted molar refractivity (Wildman–Crippen MR) is 94.2 cm³/mol. The van der Waals surface area contributed by atoms with Crippen LogP contribution < -0.4 is 14.8 Å². The minimum Gasteiger partial charge on any atom is -0.493 e. The quantitative estimate of drug-likeness (QED) is 0.865. The van der Waals surface area contributed by atoms with Crippen LogP contribution in [0.5, 0.6) is 11.5 Å². The summed E-state index contributed by atoms with van der Waals surface area (Å²) >= 11 is 5.86. The molecule has 1 fully saturated rings. The van der Waals surface area contributed by atoms with Crippen molar-refractivity contribution in [3.05, 3.63) is 58.6 Å². The first-order valence-electron chi connectivity index (χ1n) is 7.84. The van der Waals surface area contributed by atoms with E-state index < -0.39 is 0 Å². The number of carbonyl (C=O) groups is 1. The molecule has 2 aromatic rings. The molecule has 24 heavy (non-hydrogen) atoms. The van der Waals surface area contributed by atoms with Gasteiger partial charge in [0.15, 0.2) is 11.5 Å². The molecule has 1 aliphatic rings. The van der Waals surface area contributed by atoms with Crippen molar-refractivity contribution >= 4 is 17.5 Å². The molecule has 0 heterocycles. The van der Waals surface area contributed by atoms with Crippen LogP contribution in [0.15, 0.2) is 42.5 Å². The molecule has 0 atom stereocenters. The maximum absolute atomic E-state index is 12.3. The highest BCUT2D eigenvalue weighted by atomic mass is 35.5. The monoisotopic (exact) mass is 345 g/mol. The number of carbonyl (C=O) groups excluding carboxylic acids is 1. The molecule has 0 spiro atoms. The highest BCUT2D eigenvalue weighted by Crippen LogP contribution is 2.49. The molecule has 1 aliphatic carbocycles. The predicted octanol–water partition coefficient (Wildman–Crippen LogP) is 3.82. The maximum atomic E-state index is 12.3. The highest BCUT2D eigenvalue weighted by molar-refractivity contribution is 6.30. The topological polar surface area (TPSA) is 47.6 Å². The van der Waals surface area contributed by atoms with Gasteiger partial charge in [-0.15, -0.1) is 0 Å². The Balaban J connectivity index is 1.71. The third-order valence-corrected chi connectivity index (χ3v) is 4.80. The number of ether oxygens (including phenoxy) is 2. The summed E-state index contributed by atoms with van der Waals surface area (Å²) in [5.41, 5.74) is 1.76. The summed E-state index contributed by atoms with van der Waals surface area (Å²) in [6.07, 6.45) is 2.09. The van der Waals surface area contributed by atoms with E-state index in [0.29, 0.717) is 28.6 Å². The van der Waals surface area contributed by atoms with Crippen LogP contribution in [0, 0.1) is 0 Å². The van der Waals surface area contributed by atoms with E-state index in [1.165, 1.54) is 0 Å². The smallest absolute Gasteiger partial charge is 0.251 e. The van der Waals surface area contributed by atoms with E-state index >= 15 is 0 Å². The second kappa shape index (κ2) is 6.73. The average Bonchev–Trinajstić information content (AvgIpc) is 3.41. The van der Waals surface area contributed by atoms with Gasteiger partial charge < -0.3 is 14.8 Å². The second-order valence-corrected chi connectivity index (χ2v) is 6.48. The molecule has 0 radical (unpaired) electrons. The number of nitrogens with one attached hydrogen (secondary N) is 1. The first-order chi connectivity index (χ1) is 11.6. The zero-order valence-electron chi connectivity index (χ0n) is 13.8. The lowest BCUT2D eigenvalue weighted by Gasteiger charge is -2.18. The summed E-state index contributed by atoms with van der Waals surface area (Å²) in [5, 5.41) is 3.65. The SMILES string of the molecule is COc1ccc(C2(CNC(=O)c3ccc(Cl)cc3)CC2)cc1OC. The van der Waals surface area contributed by atoms with Crippen molar-refractivity contribution in [3.63, 3.8) is 0 Å². The van der Waals surface area contributed by atoms with E-state index in [1.54, 1.807) is 38.5 Å². The minimum atomic E-state index is -0.0848. The molecule has 5 heteroatoms. The van der Waals surface area contributed by atoms with Gasteiger partial charge in [0.2, 0.25) is 0 Å². The van der Waals surface area contributed by atoms with E-state index in [2.05, 4.69) is 5.32 Å². The van der Waals surface area contributed by atoms with Gasteiger partial charge in [-0.2, -0.15) is 0 Å². The van der Waals surface area contributed by atoms with Crippen LogP contribution in [-0.2, 0) is 5.41 Å². The molecule has 126 valence electrons. The third kappa shape index (κ3) is 3.34. The van der Waals surface area contributed by atoms with Crippen molar-refractivity contribution in [2.45, 2.75) is 18.3 Å². The summed E-state index contributed by atoms with van der Waals surface area (Å²) < 4.78 is 10.7. The number of benzene rings is 2. The summed E-state index contributed by atoms with van der Waals surface area (Å²) in [4.78, 5) is 12.3. The first-order valence-corrected chi connectivity index (χ1v) is 8.22. The molecule has 1 N–H and O–H groups in total. The minimum absolute atomic E-state index is 0.0123. The molecular weight excluding hydrogens is 326 g/mol. The fourth-order valence-corrected chi connectivity index (χ4v) is 2.96. The summed E-state index contributed by atoms with van der Waals surface area (Å²) in [6, 6.07) is 12.9. The Morgan fingerprint density at radius 1 is 1.08 bits per heavy atom. The molecular formula is C19H20ClNO3. The summed E-state index contributed by atoms with van der Waals surface area (Å²) in [6.45, 7) is 0.601. The molecule has 3 rings (SSSR count). The van der Waals surface area contributed by atoms with Gasteiger partial charge in [-0.1, -0.05) is 17.7 Å². The van der Waals surface area contributed by atoms with Crippen molar-refractivity contribution in [1.82, 2.24) is 5.32 Å². The summed E-state index contributed by atoms with van der Waals surface area (Å²) in [5.74, 6) is 1.34. The van der Waals surface area contributed by atoms with Gasteiger partial charge in [-0.3, -0.25) is 4.79 Å². The van der Waals surface area contributed by atoms with Gasteiger partial charge in [-0.05, 0) is 54.8 Å². The maximum Gasteiger partial charge on any atom is 0.251 e. The lowest BCUT2D eigenvalue weighted by Crippen LogP contribution is -2.32. The van der Waals surface area contributed by atoms with E-state index in [1.807, 2.05) is 18.2 Å². The molecule has 4 nitrogen and oxygen atoms in total. The highest BCUT2D eigenvalue weighted by Gasteiger charge is 2.44. The van der Waals surface area contributed by atoms with Crippen LogP contribution in [0.2, 0.25) is 5.02 Å². The van der Waals surface area contributed by atoms with Crippen LogP contribution in [-0.4, -0.2) is 26.7 Å². The van der Waals surface area contributed by atoms with Gasteiger partial charge in [0.25, 0.3) is 5.91 Å². The van der Waals surface area contributed by atoms with Crippen LogP contribution >= 0.6 is 11.6 Å². The molecule has 0 saturated heterocycles. The second-order valence-electron chi connectivity index (χ2n) is 6.04. The Labute approximate surface area is 146 Å². The van der Waals surface area contributed by atoms with Gasteiger partial charge in [0.1, 0.15) is 0 Å². The number of amides is 1. The van der Waals surface area contributed by atoms with Gasteiger partial charge in [0.05, 0.1) is 14.2 Å². The zero-order valence-corrected chi connectivity index (χ0v) is 14.5. The van der Waals surface area contributed by atoms with Crippen molar-refractivity contribution in [2.75, 3.05) is 20.8 Å². The molecule has 0 aliphatic heterocycles. The number of hydrogen-bond donors (Lipinski definition) is 1. The van der Waals surface area contributed by atoms with E-state index in [9.17, 15) is 4.79 Å². The first kappa shape index (κ1) is 16.7. The largest absolute Gasteiger partial charge is 0.493 e. The molecule has 1 amide bonds. The van der Waals surface area contributed by atoms with Gasteiger partial charge in [-0.25, -0.2) is 0 Å². The van der Waals surface area contributed by atoms with Gasteiger partial charge in [0, 0.05) is 22.5 Å². The Kier molecular flexibility index (Phi) is 4.67. The van der Waals surface area contributed by atoms with Crippen molar-refractivity contribution < 1.29 is 14.3 Å². The molecule has 0 unspecified atom stereocenters. The Hall–Kier alpha value is -2.20. The Bertz CT molecular complexity index is 739. The van der Waals surface area contributed by atoms with Crippen molar-refractivity contribution in [2.24, 2.45) is 0 Å².